The van der Waals surface area contributed by atoms with Crippen LogP contribution in [0.25, 0.3) is 0 Å². The monoisotopic (exact) mass is 284 g/mol. The van der Waals surface area contributed by atoms with Crippen molar-refractivity contribution >= 4 is 15.9 Å². The van der Waals surface area contributed by atoms with Crippen molar-refractivity contribution in [3.63, 3.8) is 0 Å². The van der Waals surface area contributed by atoms with Crippen LogP contribution < -0.4 is 4.74 Å². The first-order valence-corrected chi connectivity index (χ1v) is 6.48. The number of aromatic nitrogens is 1. The number of likely N-dealkylation sites (tertiary alicyclic amines) is 1. The maximum atomic E-state index is 5.76. The quantitative estimate of drug-likeness (QED) is 0.854. The van der Waals surface area contributed by atoms with Gasteiger partial charge in [0.25, 0.3) is 0 Å². The van der Waals surface area contributed by atoms with Gasteiger partial charge in [-0.1, -0.05) is 6.42 Å². The van der Waals surface area contributed by atoms with Crippen molar-refractivity contribution in [2.24, 2.45) is 0 Å². The molecule has 2 heterocycles. The minimum absolute atomic E-state index is 0.549. The molecule has 2 rings (SSSR count). The van der Waals surface area contributed by atoms with Crippen molar-refractivity contribution < 1.29 is 4.74 Å². The summed E-state index contributed by atoms with van der Waals surface area (Å²) in [6, 6.07) is 2.50. The SMILES string of the molecule is CN1CCCCC1COc1cncc(Br)c1. The van der Waals surface area contributed by atoms with Crippen molar-refractivity contribution in [3.05, 3.63) is 22.9 Å². The van der Waals surface area contributed by atoms with Crippen molar-refractivity contribution in [2.45, 2.75) is 25.3 Å². The molecule has 1 unspecified atom stereocenters. The van der Waals surface area contributed by atoms with Crippen LogP contribution in [-0.2, 0) is 0 Å². The molecule has 0 spiro atoms. The van der Waals surface area contributed by atoms with Gasteiger partial charge in [-0.05, 0) is 48.4 Å². The van der Waals surface area contributed by atoms with E-state index in [0.717, 1.165) is 16.8 Å². The van der Waals surface area contributed by atoms with Crippen LogP contribution in [0.15, 0.2) is 22.9 Å². The molecular weight excluding hydrogens is 268 g/mol. The fourth-order valence-corrected chi connectivity index (χ4v) is 2.36. The Morgan fingerprint density at radius 3 is 3.12 bits per heavy atom. The number of hydrogen-bond donors (Lipinski definition) is 0. The van der Waals surface area contributed by atoms with E-state index in [9.17, 15) is 0 Å². The van der Waals surface area contributed by atoms with Gasteiger partial charge in [0.2, 0.25) is 0 Å². The van der Waals surface area contributed by atoms with E-state index in [1.54, 1.807) is 12.4 Å². The topological polar surface area (TPSA) is 25.4 Å². The highest BCUT2D eigenvalue weighted by molar-refractivity contribution is 9.10. The van der Waals surface area contributed by atoms with Crippen LogP contribution >= 0.6 is 15.9 Å². The van der Waals surface area contributed by atoms with Crippen LogP contribution in [-0.4, -0.2) is 36.1 Å². The van der Waals surface area contributed by atoms with Gasteiger partial charge >= 0.3 is 0 Å². The number of pyridine rings is 1. The first kappa shape index (κ1) is 11.9. The smallest absolute Gasteiger partial charge is 0.138 e. The molecule has 88 valence electrons. The van der Waals surface area contributed by atoms with Gasteiger partial charge in [0, 0.05) is 16.7 Å². The second-order valence-corrected chi connectivity index (χ2v) is 5.20. The molecule has 1 atom stereocenters. The zero-order valence-electron chi connectivity index (χ0n) is 9.53. The van der Waals surface area contributed by atoms with E-state index in [4.69, 9.17) is 4.74 Å². The highest BCUT2D eigenvalue weighted by atomic mass is 79.9. The van der Waals surface area contributed by atoms with E-state index in [-0.39, 0.29) is 0 Å². The number of halogens is 1. The van der Waals surface area contributed by atoms with Gasteiger partial charge in [0.1, 0.15) is 12.4 Å². The van der Waals surface area contributed by atoms with E-state index < -0.39 is 0 Å². The Morgan fingerprint density at radius 2 is 2.38 bits per heavy atom. The number of rotatable bonds is 3. The van der Waals surface area contributed by atoms with E-state index in [0.29, 0.717) is 6.04 Å². The molecule has 0 N–H and O–H groups in total. The molecule has 1 aromatic heterocycles. The standard InChI is InChI=1S/C12H17BrN2O/c1-15-5-3-2-4-11(15)9-16-12-6-10(13)7-14-8-12/h6-8,11H,2-5,9H2,1H3. The first-order valence-electron chi connectivity index (χ1n) is 5.69. The second kappa shape index (κ2) is 5.64. The molecule has 0 radical (unpaired) electrons. The van der Waals surface area contributed by atoms with Gasteiger partial charge in [-0.2, -0.15) is 0 Å². The van der Waals surface area contributed by atoms with Gasteiger partial charge < -0.3 is 9.64 Å². The average molecular weight is 285 g/mol. The summed E-state index contributed by atoms with van der Waals surface area (Å²) in [6.45, 7) is 1.94. The molecule has 0 aromatic carbocycles. The summed E-state index contributed by atoms with van der Waals surface area (Å²) in [5.41, 5.74) is 0. The lowest BCUT2D eigenvalue weighted by Gasteiger charge is -2.32. The molecule has 0 saturated carbocycles. The number of ether oxygens (including phenoxy) is 1. The largest absolute Gasteiger partial charge is 0.490 e. The maximum absolute atomic E-state index is 5.76. The fourth-order valence-electron chi connectivity index (χ4n) is 2.02. The zero-order chi connectivity index (χ0) is 11.4. The molecule has 1 fully saturated rings. The summed E-state index contributed by atoms with van der Waals surface area (Å²) in [7, 11) is 2.17. The summed E-state index contributed by atoms with van der Waals surface area (Å²) in [6.07, 6.45) is 7.38. The lowest BCUT2D eigenvalue weighted by Crippen LogP contribution is -2.40. The Balaban J connectivity index is 1.86. The van der Waals surface area contributed by atoms with Crippen LogP contribution in [0.2, 0.25) is 0 Å². The Hall–Kier alpha value is -0.610. The molecule has 16 heavy (non-hydrogen) atoms. The summed E-state index contributed by atoms with van der Waals surface area (Å²) in [4.78, 5) is 6.47. The average Bonchev–Trinajstić information content (AvgIpc) is 2.28. The van der Waals surface area contributed by atoms with E-state index in [1.807, 2.05) is 6.07 Å². The molecule has 3 nitrogen and oxygen atoms in total. The molecule has 1 aromatic rings. The summed E-state index contributed by atoms with van der Waals surface area (Å²) < 4.78 is 6.72. The van der Waals surface area contributed by atoms with Crippen LogP contribution in [0.5, 0.6) is 5.75 Å². The molecule has 0 amide bonds. The van der Waals surface area contributed by atoms with E-state index in [1.165, 1.54) is 25.8 Å². The highest BCUT2D eigenvalue weighted by Gasteiger charge is 2.19. The van der Waals surface area contributed by atoms with Crippen LogP contribution in [0.3, 0.4) is 0 Å². The molecule has 1 aliphatic heterocycles. The molecular formula is C12H17BrN2O. The summed E-state index contributed by atoms with van der Waals surface area (Å²) in [5, 5.41) is 0. The third-order valence-electron chi connectivity index (χ3n) is 3.04. The molecule has 1 aliphatic rings. The third-order valence-corrected chi connectivity index (χ3v) is 3.48. The summed E-state index contributed by atoms with van der Waals surface area (Å²) in [5.74, 6) is 0.841. The Bertz CT molecular complexity index is 346. The minimum Gasteiger partial charge on any atom is -0.490 e. The maximum Gasteiger partial charge on any atom is 0.138 e. The molecule has 4 heteroatoms. The van der Waals surface area contributed by atoms with Crippen LogP contribution in [0.1, 0.15) is 19.3 Å². The van der Waals surface area contributed by atoms with Gasteiger partial charge in [0.05, 0.1) is 6.20 Å². The van der Waals surface area contributed by atoms with Crippen molar-refractivity contribution in [1.29, 1.82) is 0 Å². The number of likely N-dealkylation sites (N-methyl/N-ethyl adjacent to an activating group) is 1. The molecule has 0 bridgehead atoms. The Labute approximate surface area is 105 Å². The Kier molecular flexibility index (Phi) is 4.18. The predicted molar refractivity (Wildman–Crippen MR) is 67.7 cm³/mol. The summed E-state index contributed by atoms with van der Waals surface area (Å²) >= 11 is 3.39. The zero-order valence-corrected chi connectivity index (χ0v) is 11.1. The van der Waals surface area contributed by atoms with E-state index in [2.05, 4.69) is 32.9 Å². The van der Waals surface area contributed by atoms with E-state index >= 15 is 0 Å². The minimum atomic E-state index is 0.549. The first-order chi connectivity index (χ1) is 7.75. The van der Waals surface area contributed by atoms with Crippen LogP contribution in [0, 0.1) is 0 Å². The number of piperidine rings is 1. The number of hydrogen-bond acceptors (Lipinski definition) is 3. The van der Waals surface area contributed by atoms with Gasteiger partial charge in [-0.3, -0.25) is 4.98 Å². The van der Waals surface area contributed by atoms with Gasteiger partial charge in [0.15, 0.2) is 0 Å². The van der Waals surface area contributed by atoms with Crippen molar-refractivity contribution in [1.82, 2.24) is 9.88 Å². The molecule has 1 saturated heterocycles. The fraction of sp³-hybridized carbons (Fsp3) is 0.583. The lowest BCUT2D eigenvalue weighted by atomic mass is 10.0. The van der Waals surface area contributed by atoms with Gasteiger partial charge in [-0.15, -0.1) is 0 Å². The third kappa shape index (κ3) is 3.19. The second-order valence-electron chi connectivity index (χ2n) is 4.28. The number of nitrogens with zero attached hydrogens (tertiary/aromatic N) is 2. The molecule has 0 aliphatic carbocycles. The Morgan fingerprint density at radius 1 is 1.50 bits per heavy atom. The van der Waals surface area contributed by atoms with Gasteiger partial charge in [-0.25, -0.2) is 0 Å². The van der Waals surface area contributed by atoms with Crippen LogP contribution in [0.4, 0.5) is 0 Å². The lowest BCUT2D eigenvalue weighted by molar-refractivity contribution is 0.125. The normalized spacial score (nSPS) is 22.0. The highest BCUT2D eigenvalue weighted by Crippen LogP contribution is 2.19. The predicted octanol–water partition coefficient (Wildman–Crippen LogP) is 2.71. The van der Waals surface area contributed by atoms with Crippen molar-refractivity contribution in [2.75, 3.05) is 20.2 Å². The van der Waals surface area contributed by atoms with Crippen molar-refractivity contribution in [3.8, 4) is 5.75 Å².